The van der Waals surface area contributed by atoms with Crippen LogP contribution in [0.3, 0.4) is 0 Å². The molecule has 0 aromatic heterocycles. The minimum absolute atomic E-state index is 0.126. The molecule has 2 aromatic carbocycles. The molecule has 10 heteroatoms. The maximum atomic E-state index is 14.8. The lowest BCUT2D eigenvalue weighted by Gasteiger charge is -2.47. The van der Waals surface area contributed by atoms with Crippen LogP contribution in [-0.4, -0.2) is 57.9 Å². The van der Waals surface area contributed by atoms with Crippen LogP contribution in [-0.2, 0) is 20.7 Å². The highest BCUT2D eigenvalue weighted by atomic mass is 19.3. The Morgan fingerprint density at radius 3 is 2.44 bits per heavy atom. The molecule has 5 aliphatic rings. The predicted octanol–water partition coefficient (Wildman–Crippen LogP) is 6.39. The summed E-state index contributed by atoms with van der Waals surface area (Å²) in [6.07, 6.45) is 2.44. The van der Waals surface area contributed by atoms with Crippen LogP contribution in [0.1, 0.15) is 70.0 Å². The van der Waals surface area contributed by atoms with Crippen LogP contribution in [0.4, 0.5) is 23.7 Å². The number of halogens is 3. The van der Waals surface area contributed by atoms with E-state index >= 15 is 0 Å². The monoisotopic (exact) mass is 595 g/mol. The Balaban J connectivity index is 1.47. The van der Waals surface area contributed by atoms with Crippen LogP contribution in [0.15, 0.2) is 60.3 Å². The van der Waals surface area contributed by atoms with Crippen LogP contribution in [0, 0.1) is 11.7 Å². The lowest BCUT2D eigenvalue weighted by molar-refractivity contribution is -0.151. The number of amides is 3. The van der Waals surface area contributed by atoms with E-state index in [-0.39, 0.29) is 18.2 Å². The van der Waals surface area contributed by atoms with E-state index in [0.29, 0.717) is 36.9 Å². The van der Waals surface area contributed by atoms with Crippen molar-refractivity contribution >= 4 is 23.6 Å². The molecule has 2 aliphatic carbocycles. The first-order valence-corrected chi connectivity index (χ1v) is 14.9. The van der Waals surface area contributed by atoms with Crippen molar-refractivity contribution < 1.29 is 32.3 Å². The average molecular weight is 596 g/mol. The molecule has 3 amide bonds. The van der Waals surface area contributed by atoms with E-state index in [4.69, 9.17) is 4.74 Å². The minimum atomic E-state index is -2.86. The third-order valence-corrected chi connectivity index (χ3v) is 8.69. The molecule has 7 nitrogen and oxygen atoms in total. The van der Waals surface area contributed by atoms with Gasteiger partial charge in [0.2, 0.25) is 0 Å². The van der Waals surface area contributed by atoms with Crippen molar-refractivity contribution in [3.8, 4) is 0 Å². The molecule has 2 fully saturated rings. The molecule has 0 N–H and O–H groups in total. The summed E-state index contributed by atoms with van der Waals surface area (Å²) in [5, 5.41) is 0. The fraction of sp³-hybridized carbons (Fsp3) is 0.485. The van der Waals surface area contributed by atoms with E-state index in [1.165, 1.54) is 32.9 Å². The van der Waals surface area contributed by atoms with Crippen molar-refractivity contribution in [3.63, 3.8) is 0 Å². The van der Waals surface area contributed by atoms with Crippen LogP contribution in [0.5, 0.6) is 0 Å². The van der Waals surface area contributed by atoms with Crippen LogP contribution >= 0.6 is 0 Å². The number of hydrogen-bond acceptors (Lipinski definition) is 4. The second-order valence-electron chi connectivity index (χ2n) is 13.1. The molecule has 3 aliphatic heterocycles. The zero-order valence-corrected chi connectivity index (χ0v) is 24.6. The van der Waals surface area contributed by atoms with Crippen LogP contribution in [0.2, 0.25) is 0 Å². The standard InChI is InChI=1S/C33H36F3N3O4/c1-32(2,3)43-31(42)37-13-7-12-27(37)29(40)39(23-10-6-9-22(34)17-23)28-26-11-5-4-8-21(26)14-20-15-24(16-20)38(30(28)41)25-18-33(35,36)19-25/h4-6,8-11,15,17,20,25,27-28H,7,12-14,16,18-19H2,1-3H3. The van der Waals surface area contributed by atoms with Crippen LogP contribution < -0.4 is 4.90 Å². The van der Waals surface area contributed by atoms with Crippen molar-refractivity contribution in [2.75, 3.05) is 11.4 Å². The number of carbonyl (C=O) groups excluding carboxylic acids is 3. The number of anilines is 1. The summed E-state index contributed by atoms with van der Waals surface area (Å²) in [5.74, 6) is -4.41. The van der Waals surface area contributed by atoms with Gasteiger partial charge in [-0.05, 0) is 81.7 Å². The fourth-order valence-corrected chi connectivity index (χ4v) is 6.72. The van der Waals surface area contributed by atoms with Gasteiger partial charge in [-0.2, -0.15) is 0 Å². The lowest BCUT2D eigenvalue weighted by atomic mass is 9.81. The van der Waals surface area contributed by atoms with Gasteiger partial charge < -0.3 is 9.64 Å². The molecule has 1 saturated heterocycles. The van der Waals surface area contributed by atoms with Crippen molar-refractivity contribution in [2.45, 2.75) is 88.9 Å². The Morgan fingerprint density at radius 1 is 1.05 bits per heavy atom. The summed E-state index contributed by atoms with van der Waals surface area (Å²) >= 11 is 0. The molecule has 2 bridgehead atoms. The summed E-state index contributed by atoms with van der Waals surface area (Å²) in [5.41, 5.74) is 1.45. The number of alkyl halides is 2. The fourth-order valence-electron chi connectivity index (χ4n) is 6.72. The molecule has 2 aromatic rings. The number of fused-ring (bicyclic) bond motifs is 2. The number of benzene rings is 2. The number of rotatable bonds is 4. The quantitative estimate of drug-likeness (QED) is 0.411. The third kappa shape index (κ3) is 5.63. The van der Waals surface area contributed by atoms with Gasteiger partial charge in [0.1, 0.15) is 23.5 Å². The molecule has 3 heterocycles. The zero-order valence-electron chi connectivity index (χ0n) is 24.6. The van der Waals surface area contributed by atoms with Crippen molar-refractivity contribution in [3.05, 3.63) is 77.2 Å². The average Bonchev–Trinajstić information content (AvgIpc) is 3.40. The second kappa shape index (κ2) is 10.7. The van der Waals surface area contributed by atoms with Crippen molar-refractivity contribution in [1.29, 1.82) is 0 Å². The zero-order chi connectivity index (χ0) is 30.7. The molecular weight excluding hydrogens is 559 g/mol. The number of ether oxygens (including phenoxy) is 1. The highest BCUT2D eigenvalue weighted by Crippen LogP contribution is 2.48. The summed E-state index contributed by atoms with van der Waals surface area (Å²) in [4.78, 5) is 46.7. The smallest absolute Gasteiger partial charge is 0.410 e. The number of carbonyl (C=O) groups is 3. The number of nitrogens with zero attached hydrogens (tertiary/aromatic N) is 3. The van der Waals surface area contributed by atoms with E-state index in [1.807, 2.05) is 18.2 Å². The van der Waals surface area contributed by atoms with Gasteiger partial charge in [0, 0.05) is 36.8 Å². The molecule has 3 unspecified atom stereocenters. The highest BCUT2D eigenvalue weighted by Gasteiger charge is 2.53. The SMILES string of the molecule is CC(C)(C)OC(=O)N1CCCC1C(=O)N(c1cccc(F)c1)C1C(=O)N(C2CC(F)(F)C2)C2=CC(C2)Cc2ccccc21. The molecule has 3 atom stereocenters. The Bertz CT molecular complexity index is 1480. The topological polar surface area (TPSA) is 70.2 Å². The first-order valence-electron chi connectivity index (χ1n) is 14.9. The normalized spacial score (nSPS) is 24.9. The van der Waals surface area contributed by atoms with E-state index in [2.05, 4.69) is 0 Å². The summed E-state index contributed by atoms with van der Waals surface area (Å²) in [6, 6.07) is 9.84. The van der Waals surface area contributed by atoms with Gasteiger partial charge in [-0.1, -0.05) is 36.4 Å². The third-order valence-electron chi connectivity index (χ3n) is 8.69. The van der Waals surface area contributed by atoms with Gasteiger partial charge in [0.25, 0.3) is 17.7 Å². The number of allylic oxidation sites excluding steroid dienone is 2. The maximum Gasteiger partial charge on any atom is 0.410 e. The molecule has 1 saturated carbocycles. The Morgan fingerprint density at radius 2 is 1.77 bits per heavy atom. The van der Waals surface area contributed by atoms with Gasteiger partial charge in [-0.3, -0.25) is 19.4 Å². The van der Waals surface area contributed by atoms with Crippen molar-refractivity contribution in [2.24, 2.45) is 5.92 Å². The summed E-state index contributed by atoms with van der Waals surface area (Å²) in [7, 11) is 0. The van der Waals surface area contributed by atoms with E-state index in [9.17, 15) is 27.6 Å². The molecule has 7 rings (SSSR count). The number of hydrogen-bond donors (Lipinski definition) is 0. The molecular formula is C33H36F3N3O4. The Kier molecular flexibility index (Phi) is 7.29. The first kappa shape index (κ1) is 29.3. The molecule has 0 spiro atoms. The Hall–Kier alpha value is -3.82. The van der Waals surface area contributed by atoms with Gasteiger partial charge in [-0.15, -0.1) is 0 Å². The Labute approximate surface area is 249 Å². The minimum Gasteiger partial charge on any atom is -0.444 e. The van der Waals surface area contributed by atoms with Crippen molar-refractivity contribution in [1.82, 2.24) is 9.80 Å². The van der Waals surface area contributed by atoms with E-state index in [0.717, 1.165) is 5.56 Å². The highest BCUT2D eigenvalue weighted by molar-refractivity contribution is 6.05. The first-order chi connectivity index (χ1) is 20.3. The van der Waals surface area contributed by atoms with E-state index < -0.39 is 66.2 Å². The lowest BCUT2D eigenvalue weighted by Crippen LogP contribution is -2.58. The second-order valence-corrected chi connectivity index (χ2v) is 13.1. The van der Waals surface area contributed by atoms with Gasteiger partial charge in [-0.25, -0.2) is 18.0 Å². The number of likely N-dealkylation sites (tertiary alicyclic amines) is 1. The largest absolute Gasteiger partial charge is 0.444 e. The van der Waals surface area contributed by atoms with Crippen LogP contribution in [0.25, 0.3) is 0 Å². The van der Waals surface area contributed by atoms with Gasteiger partial charge in [0.15, 0.2) is 0 Å². The van der Waals surface area contributed by atoms with E-state index in [1.54, 1.807) is 39.0 Å². The summed E-state index contributed by atoms with van der Waals surface area (Å²) in [6.45, 7) is 5.50. The molecule has 43 heavy (non-hydrogen) atoms. The maximum absolute atomic E-state index is 14.8. The molecule has 0 radical (unpaired) electrons. The van der Waals surface area contributed by atoms with Gasteiger partial charge >= 0.3 is 6.09 Å². The molecule has 228 valence electrons. The van der Waals surface area contributed by atoms with Gasteiger partial charge in [0.05, 0.1) is 0 Å². The predicted molar refractivity (Wildman–Crippen MR) is 154 cm³/mol. The summed E-state index contributed by atoms with van der Waals surface area (Å²) < 4.78 is 48.6.